The molecule has 0 aliphatic heterocycles. The minimum Gasteiger partial charge on any atom is -0.504 e. The molecule has 6 heteroatoms. The molecule has 0 saturated heterocycles. The summed E-state index contributed by atoms with van der Waals surface area (Å²) in [6, 6.07) is 4.28. The first-order chi connectivity index (χ1) is 9.10. The van der Waals surface area contributed by atoms with Crippen LogP contribution in [0, 0.1) is 0 Å². The SMILES string of the molecule is CCOc1cc(C(OCCCO)C(=O)O)ccc1O. The van der Waals surface area contributed by atoms with E-state index in [1.54, 1.807) is 6.92 Å². The number of benzene rings is 1. The number of aromatic hydroxyl groups is 1. The molecule has 1 aromatic rings. The molecule has 0 aliphatic rings. The first-order valence-electron chi connectivity index (χ1n) is 6.01. The van der Waals surface area contributed by atoms with Crippen molar-refractivity contribution < 1.29 is 29.6 Å². The third-order valence-electron chi connectivity index (χ3n) is 2.40. The third kappa shape index (κ3) is 4.42. The van der Waals surface area contributed by atoms with Crippen molar-refractivity contribution in [2.24, 2.45) is 0 Å². The highest BCUT2D eigenvalue weighted by Crippen LogP contribution is 2.30. The molecule has 0 amide bonds. The topological polar surface area (TPSA) is 96.2 Å². The number of aliphatic hydroxyl groups is 1. The van der Waals surface area contributed by atoms with Gasteiger partial charge in [-0.2, -0.15) is 0 Å². The van der Waals surface area contributed by atoms with E-state index in [9.17, 15) is 9.90 Å². The van der Waals surface area contributed by atoms with Gasteiger partial charge in [-0.1, -0.05) is 6.07 Å². The highest BCUT2D eigenvalue weighted by atomic mass is 16.5. The van der Waals surface area contributed by atoms with Crippen molar-refractivity contribution in [1.29, 1.82) is 0 Å². The van der Waals surface area contributed by atoms with Crippen LogP contribution in [0.2, 0.25) is 0 Å². The van der Waals surface area contributed by atoms with Crippen LogP contribution >= 0.6 is 0 Å². The zero-order valence-corrected chi connectivity index (χ0v) is 10.7. The number of phenols is 1. The van der Waals surface area contributed by atoms with Gasteiger partial charge in [0.2, 0.25) is 0 Å². The van der Waals surface area contributed by atoms with Gasteiger partial charge < -0.3 is 24.8 Å². The first kappa shape index (κ1) is 15.3. The van der Waals surface area contributed by atoms with Gasteiger partial charge in [-0.05, 0) is 31.0 Å². The van der Waals surface area contributed by atoms with Crippen molar-refractivity contribution in [2.75, 3.05) is 19.8 Å². The molecule has 0 spiro atoms. The Labute approximate surface area is 111 Å². The Morgan fingerprint density at radius 3 is 2.74 bits per heavy atom. The Balaban J connectivity index is 2.89. The van der Waals surface area contributed by atoms with Crippen LogP contribution in [0.5, 0.6) is 11.5 Å². The molecule has 6 nitrogen and oxygen atoms in total. The van der Waals surface area contributed by atoms with Crippen LogP contribution in [0.15, 0.2) is 18.2 Å². The fourth-order valence-corrected chi connectivity index (χ4v) is 1.54. The van der Waals surface area contributed by atoms with Gasteiger partial charge in [-0.15, -0.1) is 0 Å². The smallest absolute Gasteiger partial charge is 0.337 e. The molecule has 1 atom stereocenters. The van der Waals surface area contributed by atoms with E-state index < -0.39 is 12.1 Å². The maximum Gasteiger partial charge on any atom is 0.337 e. The van der Waals surface area contributed by atoms with Crippen LogP contribution < -0.4 is 4.74 Å². The lowest BCUT2D eigenvalue weighted by molar-refractivity contribution is -0.151. The average Bonchev–Trinajstić information content (AvgIpc) is 2.37. The fourth-order valence-electron chi connectivity index (χ4n) is 1.54. The summed E-state index contributed by atoms with van der Waals surface area (Å²) in [6.45, 7) is 2.20. The average molecular weight is 270 g/mol. The van der Waals surface area contributed by atoms with Gasteiger partial charge in [0.25, 0.3) is 0 Å². The maximum atomic E-state index is 11.2. The molecular weight excluding hydrogens is 252 g/mol. The van der Waals surface area contributed by atoms with Crippen molar-refractivity contribution in [3.63, 3.8) is 0 Å². The molecule has 1 unspecified atom stereocenters. The second-order valence-corrected chi connectivity index (χ2v) is 3.83. The maximum absolute atomic E-state index is 11.2. The van der Waals surface area contributed by atoms with Crippen molar-refractivity contribution in [1.82, 2.24) is 0 Å². The summed E-state index contributed by atoms with van der Waals surface area (Å²) >= 11 is 0. The summed E-state index contributed by atoms with van der Waals surface area (Å²) in [5.74, 6) is -0.965. The minimum atomic E-state index is -1.15. The summed E-state index contributed by atoms with van der Waals surface area (Å²) < 4.78 is 10.4. The van der Waals surface area contributed by atoms with Gasteiger partial charge in [0, 0.05) is 6.61 Å². The van der Waals surface area contributed by atoms with Gasteiger partial charge in [0.1, 0.15) is 0 Å². The molecule has 1 aromatic carbocycles. The van der Waals surface area contributed by atoms with Crippen molar-refractivity contribution in [3.8, 4) is 11.5 Å². The van der Waals surface area contributed by atoms with Crippen LogP contribution in [0.4, 0.5) is 0 Å². The molecule has 0 aromatic heterocycles. The van der Waals surface area contributed by atoms with Gasteiger partial charge in [0.05, 0.1) is 13.2 Å². The van der Waals surface area contributed by atoms with Crippen LogP contribution in [0.25, 0.3) is 0 Å². The molecule has 0 aliphatic carbocycles. The molecule has 19 heavy (non-hydrogen) atoms. The molecule has 0 bridgehead atoms. The number of hydrogen-bond donors (Lipinski definition) is 3. The van der Waals surface area contributed by atoms with Gasteiger partial charge in [-0.3, -0.25) is 0 Å². The lowest BCUT2D eigenvalue weighted by Gasteiger charge is -2.15. The Hall–Kier alpha value is -1.79. The van der Waals surface area contributed by atoms with E-state index in [1.807, 2.05) is 0 Å². The van der Waals surface area contributed by atoms with Crippen LogP contribution in [-0.4, -0.2) is 41.1 Å². The van der Waals surface area contributed by atoms with E-state index in [0.717, 1.165) is 0 Å². The lowest BCUT2D eigenvalue weighted by Crippen LogP contribution is -2.16. The molecule has 3 N–H and O–H groups in total. The quantitative estimate of drug-likeness (QED) is 0.616. The Bertz CT molecular complexity index is 418. The van der Waals surface area contributed by atoms with E-state index in [2.05, 4.69) is 0 Å². The van der Waals surface area contributed by atoms with Crippen LogP contribution in [-0.2, 0) is 9.53 Å². The van der Waals surface area contributed by atoms with Gasteiger partial charge in [-0.25, -0.2) is 4.79 Å². The van der Waals surface area contributed by atoms with Crippen molar-refractivity contribution >= 4 is 5.97 Å². The fraction of sp³-hybridized carbons (Fsp3) is 0.462. The normalized spacial score (nSPS) is 12.1. The molecule has 0 heterocycles. The zero-order valence-electron chi connectivity index (χ0n) is 10.7. The van der Waals surface area contributed by atoms with E-state index >= 15 is 0 Å². The predicted octanol–water partition coefficient (Wildman–Crippen LogP) is 1.32. The van der Waals surface area contributed by atoms with E-state index in [1.165, 1.54) is 18.2 Å². The van der Waals surface area contributed by atoms with Gasteiger partial charge in [0.15, 0.2) is 17.6 Å². The molecule has 0 saturated carbocycles. The standard InChI is InChI=1S/C13H18O6/c1-2-18-11-8-9(4-5-10(11)15)12(13(16)17)19-7-3-6-14/h4-5,8,12,14-15H,2-3,6-7H2,1H3,(H,16,17). The number of carboxylic acids is 1. The highest BCUT2D eigenvalue weighted by Gasteiger charge is 2.21. The molecule has 106 valence electrons. The number of hydrogen-bond acceptors (Lipinski definition) is 5. The Kier molecular flexibility index (Phi) is 6.11. The predicted molar refractivity (Wildman–Crippen MR) is 67.3 cm³/mol. The molecular formula is C13H18O6. The largest absolute Gasteiger partial charge is 0.504 e. The summed E-state index contributed by atoms with van der Waals surface area (Å²) in [6.07, 6.45) is -0.786. The Morgan fingerprint density at radius 1 is 1.42 bits per heavy atom. The van der Waals surface area contributed by atoms with Crippen LogP contribution in [0.1, 0.15) is 25.0 Å². The Morgan fingerprint density at radius 2 is 2.16 bits per heavy atom. The van der Waals surface area contributed by atoms with E-state index in [4.69, 9.17) is 19.7 Å². The minimum absolute atomic E-state index is 0.0508. The van der Waals surface area contributed by atoms with Crippen LogP contribution in [0.3, 0.4) is 0 Å². The summed E-state index contributed by atoms with van der Waals surface area (Å²) in [7, 11) is 0. The zero-order chi connectivity index (χ0) is 14.3. The number of carboxylic acid groups (broad SMARTS) is 1. The second kappa shape index (κ2) is 7.60. The number of rotatable bonds is 8. The van der Waals surface area contributed by atoms with Gasteiger partial charge >= 0.3 is 5.97 Å². The second-order valence-electron chi connectivity index (χ2n) is 3.83. The van der Waals surface area contributed by atoms with Crippen molar-refractivity contribution in [2.45, 2.75) is 19.4 Å². The summed E-state index contributed by atoms with van der Waals surface area (Å²) in [4.78, 5) is 11.2. The number of ether oxygens (including phenoxy) is 2. The third-order valence-corrected chi connectivity index (χ3v) is 2.40. The van der Waals surface area contributed by atoms with E-state index in [0.29, 0.717) is 18.6 Å². The monoisotopic (exact) mass is 270 g/mol. The first-order valence-corrected chi connectivity index (χ1v) is 6.01. The number of carbonyl (C=O) groups is 1. The summed E-state index contributed by atoms with van der Waals surface area (Å²) in [5.41, 5.74) is 0.381. The lowest BCUT2D eigenvalue weighted by atomic mass is 10.1. The number of phenolic OH excluding ortho intramolecular Hbond substituents is 1. The number of aliphatic carboxylic acids is 1. The molecule has 0 radical (unpaired) electrons. The number of aliphatic hydroxyl groups excluding tert-OH is 1. The highest BCUT2D eigenvalue weighted by molar-refractivity contribution is 5.74. The molecule has 0 fully saturated rings. The summed E-state index contributed by atoms with van der Waals surface area (Å²) in [5, 5.41) is 27.3. The van der Waals surface area contributed by atoms with Crippen molar-refractivity contribution in [3.05, 3.63) is 23.8 Å². The molecule has 1 rings (SSSR count). The van der Waals surface area contributed by atoms with E-state index in [-0.39, 0.29) is 24.7 Å².